The minimum Gasteiger partial charge on any atom is -0.383 e. The van der Waals surface area contributed by atoms with Gasteiger partial charge in [-0.2, -0.15) is 0 Å². The number of methoxy groups -OCH3 is 1. The van der Waals surface area contributed by atoms with E-state index in [2.05, 4.69) is 10.6 Å². The molecule has 0 aliphatic rings. The number of rotatable bonds is 6. The first kappa shape index (κ1) is 16.1. The molecule has 0 aliphatic carbocycles. The van der Waals surface area contributed by atoms with Crippen LogP contribution < -0.4 is 10.6 Å². The molecule has 0 heterocycles. The van der Waals surface area contributed by atoms with E-state index in [9.17, 15) is 14.0 Å². The number of nitrogens with one attached hydrogen (secondary N) is 2. The fourth-order valence-electron chi connectivity index (χ4n) is 1.56. The lowest BCUT2D eigenvalue weighted by molar-refractivity contribution is -0.122. The number of carbonyl (C=O) groups is 2. The van der Waals surface area contributed by atoms with Gasteiger partial charge in [-0.3, -0.25) is 9.59 Å². The third-order valence-corrected chi connectivity index (χ3v) is 2.77. The third kappa shape index (κ3) is 4.62. The topological polar surface area (TPSA) is 67.4 Å². The Balaban J connectivity index is 2.56. The Labute approximate surface area is 117 Å². The molecule has 0 aliphatic heterocycles. The lowest BCUT2D eigenvalue weighted by Crippen LogP contribution is -2.45. The van der Waals surface area contributed by atoms with Crippen LogP contribution in [0.3, 0.4) is 0 Å². The van der Waals surface area contributed by atoms with Crippen LogP contribution in [0.5, 0.6) is 0 Å². The molecule has 0 bridgehead atoms. The van der Waals surface area contributed by atoms with E-state index >= 15 is 0 Å². The van der Waals surface area contributed by atoms with Gasteiger partial charge in [0.05, 0.1) is 6.61 Å². The highest BCUT2D eigenvalue weighted by Crippen LogP contribution is 2.09. The molecule has 6 heteroatoms. The number of amides is 2. The van der Waals surface area contributed by atoms with Crippen LogP contribution in [0.1, 0.15) is 22.8 Å². The van der Waals surface area contributed by atoms with Gasteiger partial charge >= 0.3 is 0 Å². The van der Waals surface area contributed by atoms with Gasteiger partial charge in [0.25, 0.3) is 5.91 Å². The molecular weight excluding hydrogens is 263 g/mol. The van der Waals surface area contributed by atoms with Gasteiger partial charge in [-0.15, -0.1) is 0 Å². The minimum absolute atomic E-state index is 0.297. The van der Waals surface area contributed by atoms with Crippen LogP contribution in [-0.2, 0) is 9.53 Å². The maximum Gasteiger partial charge on any atom is 0.251 e. The van der Waals surface area contributed by atoms with Crippen molar-refractivity contribution in [1.82, 2.24) is 10.6 Å². The zero-order valence-electron chi connectivity index (χ0n) is 11.8. The molecule has 1 rings (SSSR count). The highest BCUT2D eigenvalue weighted by atomic mass is 19.1. The van der Waals surface area contributed by atoms with Crippen molar-refractivity contribution in [1.29, 1.82) is 0 Å². The second kappa shape index (κ2) is 7.59. The first-order valence-electron chi connectivity index (χ1n) is 6.29. The molecule has 0 aromatic heterocycles. The maximum absolute atomic E-state index is 13.1. The second-order valence-electron chi connectivity index (χ2n) is 4.44. The average molecular weight is 282 g/mol. The molecule has 2 amide bonds. The number of carbonyl (C=O) groups excluding carboxylic acids is 2. The van der Waals surface area contributed by atoms with E-state index in [0.29, 0.717) is 24.3 Å². The third-order valence-electron chi connectivity index (χ3n) is 2.77. The monoisotopic (exact) mass is 282 g/mol. The number of aryl methyl sites for hydroxylation is 1. The fraction of sp³-hybridized carbons (Fsp3) is 0.429. The van der Waals surface area contributed by atoms with Gasteiger partial charge in [-0.05, 0) is 37.6 Å². The fourth-order valence-corrected chi connectivity index (χ4v) is 1.56. The molecule has 0 saturated carbocycles. The Hall–Kier alpha value is -1.95. The number of ether oxygens (including phenoxy) is 1. The molecule has 5 nitrogen and oxygen atoms in total. The summed E-state index contributed by atoms with van der Waals surface area (Å²) in [5.74, 6) is -1.08. The molecule has 0 fully saturated rings. The smallest absolute Gasteiger partial charge is 0.251 e. The molecule has 1 atom stereocenters. The van der Waals surface area contributed by atoms with Crippen molar-refractivity contribution in [2.45, 2.75) is 19.9 Å². The zero-order chi connectivity index (χ0) is 15.1. The quantitative estimate of drug-likeness (QED) is 0.765. The van der Waals surface area contributed by atoms with E-state index in [4.69, 9.17) is 4.74 Å². The van der Waals surface area contributed by atoms with Crippen molar-refractivity contribution in [3.63, 3.8) is 0 Å². The van der Waals surface area contributed by atoms with E-state index in [-0.39, 0.29) is 11.7 Å². The molecule has 2 N–H and O–H groups in total. The van der Waals surface area contributed by atoms with E-state index in [0.717, 1.165) is 0 Å². The predicted molar refractivity (Wildman–Crippen MR) is 73.0 cm³/mol. The average Bonchev–Trinajstić information content (AvgIpc) is 2.41. The van der Waals surface area contributed by atoms with Gasteiger partial charge in [0, 0.05) is 19.2 Å². The van der Waals surface area contributed by atoms with Gasteiger partial charge in [-0.25, -0.2) is 4.39 Å². The van der Waals surface area contributed by atoms with Gasteiger partial charge in [0.15, 0.2) is 0 Å². The number of halogens is 1. The van der Waals surface area contributed by atoms with Crippen molar-refractivity contribution in [3.8, 4) is 0 Å². The highest BCUT2D eigenvalue weighted by molar-refractivity contribution is 5.97. The van der Waals surface area contributed by atoms with Crippen LogP contribution in [0.2, 0.25) is 0 Å². The number of hydrogen-bond acceptors (Lipinski definition) is 3. The van der Waals surface area contributed by atoms with Crippen molar-refractivity contribution >= 4 is 11.8 Å². The minimum atomic E-state index is -0.676. The van der Waals surface area contributed by atoms with Crippen LogP contribution >= 0.6 is 0 Å². The molecule has 1 aromatic rings. The molecule has 110 valence electrons. The summed E-state index contributed by atoms with van der Waals surface area (Å²) in [6.45, 7) is 3.94. The van der Waals surface area contributed by atoms with Crippen molar-refractivity contribution in [2.24, 2.45) is 0 Å². The van der Waals surface area contributed by atoms with Gasteiger partial charge in [0.2, 0.25) is 5.91 Å². The van der Waals surface area contributed by atoms with Gasteiger partial charge < -0.3 is 15.4 Å². The first-order chi connectivity index (χ1) is 9.45. The first-order valence-corrected chi connectivity index (χ1v) is 6.29. The molecule has 0 spiro atoms. The van der Waals surface area contributed by atoms with Gasteiger partial charge in [0.1, 0.15) is 11.9 Å². The number of hydrogen-bond donors (Lipinski definition) is 2. The van der Waals surface area contributed by atoms with E-state index < -0.39 is 11.9 Å². The van der Waals surface area contributed by atoms with Crippen LogP contribution in [0.4, 0.5) is 4.39 Å². The van der Waals surface area contributed by atoms with Crippen LogP contribution in [0, 0.1) is 12.7 Å². The summed E-state index contributed by atoms with van der Waals surface area (Å²) < 4.78 is 17.9. The van der Waals surface area contributed by atoms with Crippen molar-refractivity contribution < 1.29 is 18.7 Å². The lowest BCUT2D eigenvalue weighted by Gasteiger charge is -2.14. The Morgan fingerprint density at radius 1 is 1.40 bits per heavy atom. The zero-order valence-corrected chi connectivity index (χ0v) is 11.8. The van der Waals surface area contributed by atoms with Crippen LogP contribution in [-0.4, -0.2) is 38.1 Å². The summed E-state index contributed by atoms with van der Waals surface area (Å²) in [5, 5.41) is 5.18. The summed E-state index contributed by atoms with van der Waals surface area (Å²) in [4.78, 5) is 23.6. The molecule has 20 heavy (non-hydrogen) atoms. The van der Waals surface area contributed by atoms with Crippen molar-refractivity contribution in [2.75, 3.05) is 20.3 Å². The summed E-state index contributed by atoms with van der Waals surface area (Å²) in [6.07, 6.45) is 0. The lowest BCUT2D eigenvalue weighted by atomic mass is 10.1. The maximum atomic E-state index is 13.1. The highest BCUT2D eigenvalue weighted by Gasteiger charge is 2.16. The van der Waals surface area contributed by atoms with E-state index in [1.165, 1.54) is 25.3 Å². The van der Waals surface area contributed by atoms with E-state index in [1.807, 2.05) is 0 Å². The predicted octanol–water partition coefficient (Wildman–Crippen LogP) is 1.02. The molecule has 1 unspecified atom stereocenters. The molecular formula is C14H19FN2O3. The Bertz CT molecular complexity index is 491. The summed E-state index contributed by atoms with van der Waals surface area (Å²) in [6, 6.07) is 3.38. The van der Waals surface area contributed by atoms with E-state index in [1.54, 1.807) is 13.8 Å². The SMILES string of the molecule is COCCNC(=O)C(C)NC(=O)c1ccc(F)c(C)c1. The number of benzene rings is 1. The largest absolute Gasteiger partial charge is 0.383 e. The Morgan fingerprint density at radius 3 is 2.70 bits per heavy atom. The Morgan fingerprint density at radius 2 is 2.10 bits per heavy atom. The standard InChI is InChI=1S/C14H19FN2O3/c1-9-8-11(4-5-12(9)15)14(19)17-10(2)13(18)16-6-7-20-3/h4-5,8,10H,6-7H2,1-3H3,(H,16,18)(H,17,19). The second-order valence-corrected chi connectivity index (χ2v) is 4.44. The normalized spacial score (nSPS) is 11.8. The molecule has 1 aromatic carbocycles. The van der Waals surface area contributed by atoms with Crippen LogP contribution in [0.15, 0.2) is 18.2 Å². The summed E-state index contributed by atoms with van der Waals surface area (Å²) >= 11 is 0. The summed E-state index contributed by atoms with van der Waals surface area (Å²) in [5.41, 5.74) is 0.704. The van der Waals surface area contributed by atoms with Crippen molar-refractivity contribution in [3.05, 3.63) is 35.1 Å². The molecule has 0 saturated heterocycles. The van der Waals surface area contributed by atoms with Crippen LogP contribution in [0.25, 0.3) is 0 Å². The summed E-state index contributed by atoms with van der Waals surface area (Å²) in [7, 11) is 1.54. The molecule has 0 radical (unpaired) electrons. The van der Waals surface area contributed by atoms with Gasteiger partial charge in [-0.1, -0.05) is 0 Å². The Kier molecular flexibility index (Phi) is 6.11.